The van der Waals surface area contributed by atoms with Gasteiger partial charge in [-0.05, 0) is 44.7 Å². The molecule has 1 heterocycles. The Morgan fingerprint density at radius 2 is 1.90 bits per heavy atom. The molecule has 0 amide bonds. The van der Waals surface area contributed by atoms with Gasteiger partial charge in [0.2, 0.25) is 0 Å². The van der Waals surface area contributed by atoms with Crippen molar-refractivity contribution in [3.63, 3.8) is 0 Å². The van der Waals surface area contributed by atoms with E-state index < -0.39 is 5.41 Å². The monoisotopic (exact) mass is 263 g/mol. The predicted molar refractivity (Wildman–Crippen MR) is 78.1 cm³/mol. The van der Waals surface area contributed by atoms with E-state index in [1.54, 1.807) is 0 Å². The summed E-state index contributed by atoms with van der Waals surface area (Å²) in [6.07, 6.45) is 2.84. The zero-order chi connectivity index (χ0) is 14.2. The van der Waals surface area contributed by atoms with Gasteiger partial charge in [0, 0.05) is 11.3 Å². The van der Waals surface area contributed by atoms with Gasteiger partial charge in [-0.2, -0.15) is 5.26 Å². The summed E-state index contributed by atoms with van der Waals surface area (Å²) < 4.78 is 0. The lowest BCUT2D eigenvalue weighted by Crippen LogP contribution is -2.34. The molecule has 0 radical (unpaired) electrons. The minimum atomic E-state index is -0.455. The van der Waals surface area contributed by atoms with Crippen molar-refractivity contribution < 1.29 is 0 Å². The maximum Gasteiger partial charge on any atom is 0.149 e. The highest BCUT2D eigenvalue weighted by Crippen LogP contribution is 2.42. The summed E-state index contributed by atoms with van der Waals surface area (Å²) in [5.74, 6) is 0.699. The first-order valence-corrected chi connectivity index (χ1v) is 6.98. The van der Waals surface area contributed by atoms with E-state index in [1.165, 1.54) is 5.56 Å². The number of hydrogen-bond acceptors (Lipinski definition) is 3. The van der Waals surface area contributed by atoms with E-state index in [4.69, 9.17) is 4.98 Å². The lowest BCUT2D eigenvalue weighted by Gasteiger charge is -2.33. The number of nitriles is 1. The van der Waals surface area contributed by atoms with Crippen molar-refractivity contribution in [2.24, 2.45) is 0 Å². The van der Waals surface area contributed by atoms with E-state index in [9.17, 15) is 5.26 Å². The number of rotatable bonds is 2. The zero-order valence-electron chi connectivity index (χ0n) is 11.8. The summed E-state index contributed by atoms with van der Waals surface area (Å²) in [5.41, 5.74) is 3.70. The predicted octanol–water partition coefficient (Wildman–Crippen LogP) is 3.71. The van der Waals surface area contributed by atoms with Crippen LogP contribution < -0.4 is 0 Å². The molecule has 1 saturated carbocycles. The largest absolute Gasteiger partial charge is 0.236 e. The molecule has 20 heavy (non-hydrogen) atoms. The van der Waals surface area contributed by atoms with Gasteiger partial charge in [0.15, 0.2) is 0 Å². The van der Waals surface area contributed by atoms with Crippen LogP contribution in [0.25, 0.3) is 11.3 Å². The SMILES string of the molecule is Cc1cc(-c2ccccc2C)nc(C2(C#N)CCC2)n1. The molecule has 0 unspecified atom stereocenters. The van der Waals surface area contributed by atoms with Crippen LogP contribution in [0.2, 0.25) is 0 Å². The molecule has 1 aliphatic carbocycles. The van der Waals surface area contributed by atoms with Crippen LogP contribution in [0.15, 0.2) is 30.3 Å². The Kier molecular flexibility index (Phi) is 3.02. The Balaban J connectivity index is 2.13. The molecule has 100 valence electrons. The molecule has 3 rings (SSSR count). The Hall–Kier alpha value is -2.21. The van der Waals surface area contributed by atoms with Gasteiger partial charge in [0.25, 0.3) is 0 Å². The summed E-state index contributed by atoms with van der Waals surface area (Å²) in [4.78, 5) is 9.22. The van der Waals surface area contributed by atoms with Crippen LogP contribution in [0.3, 0.4) is 0 Å². The van der Waals surface area contributed by atoms with E-state index in [0.717, 1.165) is 36.2 Å². The summed E-state index contributed by atoms with van der Waals surface area (Å²) in [7, 11) is 0. The van der Waals surface area contributed by atoms with Gasteiger partial charge in [-0.15, -0.1) is 0 Å². The van der Waals surface area contributed by atoms with Crippen molar-refractivity contribution in [3.05, 3.63) is 47.4 Å². The Labute approximate surface area is 119 Å². The highest BCUT2D eigenvalue weighted by Gasteiger charge is 2.42. The highest BCUT2D eigenvalue weighted by molar-refractivity contribution is 5.63. The molecule has 1 aromatic heterocycles. The summed E-state index contributed by atoms with van der Waals surface area (Å²) >= 11 is 0. The first-order valence-electron chi connectivity index (χ1n) is 6.98. The minimum absolute atomic E-state index is 0.455. The molecule has 1 aromatic carbocycles. The fourth-order valence-corrected chi connectivity index (χ4v) is 2.70. The third kappa shape index (κ3) is 1.98. The molecule has 3 nitrogen and oxygen atoms in total. The maximum absolute atomic E-state index is 9.47. The van der Waals surface area contributed by atoms with E-state index in [1.807, 2.05) is 25.1 Å². The average molecular weight is 263 g/mol. The smallest absolute Gasteiger partial charge is 0.149 e. The summed E-state index contributed by atoms with van der Waals surface area (Å²) in [5, 5.41) is 9.47. The van der Waals surface area contributed by atoms with Crippen molar-refractivity contribution in [2.75, 3.05) is 0 Å². The number of hydrogen-bond donors (Lipinski definition) is 0. The molecule has 0 aliphatic heterocycles. The van der Waals surface area contributed by atoms with Gasteiger partial charge in [0.05, 0.1) is 11.8 Å². The number of benzene rings is 1. The van der Waals surface area contributed by atoms with Crippen molar-refractivity contribution in [1.29, 1.82) is 5.26 Å². The molecular weight excluding hydrogens is 246 g/mol. The Morgan fingerprint density at radius 3 is 2.50 bits per heavy atom. The van der Waals surface area contributed by atoms with Crippen molar-refractivity contribution in [3.8, 4) is 17.3 Å². The van der Waals surface area contributed by atoms with E-state index >= 15 is 0 Å². The summed E-state index contributed by atoms with van der Waals surface area (Å²) in [6, 6.07) is 12.6. The van der Waals surface area contributed by atoms with Crippen molar-refractivity contribution in [1.82, 2.24) is 9.97 Å². The standard InChI is InChI=1S/C17H17N3/c1-12-6-3-4-7-14(12)15-10-13(2)19-16(20-15)17(11-18)8-5-9-17/h3-4,6-7,10H,5,8-9H2,1-2H3. The molecule has 0 spiro atoms. The lowest BCUT2D eigenvalue weighted by molar-refractivity contribution is 0.307. The first kappa shape index (κ1) is 12.8. The molecule has 2 aromatic rings. The van der Waals surface area contributed by atoms with Crippen molar-refractivity contribution >= 4 is 0 Å². The number of nitrogens with zero attached hydrogens (tertiary/aromatic N) is 3. The molecule has 1 fully saturated rings. The normalized spacial score (nSPS) is 16.2. The minimum Gasteiger partial charge on any atom is -0.236 e. The molecule has 1 aliphatic rings. The van der Waals surface area contributed by atoms with Crippen LogP contribution >= 0.6 is 0 Å². The fraction of sp³-hybridized carbons (Fsp3) is 0.353. The Bertz CT molecular complexity index is 694. The quantitative estimate of drug-likeness (QED) is 0.830. The van der Waals surface area contributed by atoms with Crippen LogP contribution in [-0.2, 0) is 5.41 Å². The Morgan fingerprint density at radius 1 is 1.15 bits per heavy atom. The van der Waals surface area contributed by atoms with Crippen LogP contribution in [0.4, 0.5) is 0 Å². The van der Waals surface area contributed by atoms with Crippen LogP contribution in [0.1, 0.15) is 36.3 Å². The third-order valence-electron chi connectivity index (χ3n) is 4.12. The maximum atomic E-state index is 9.47. The van der Waals surface area contributed by atoms with Gasteiger partial charge < -0.3 is 0 Å². The fourth-order valence-electron chi connectivity index (χ4n) is 2.70. The van der Waals surface area contributed by atoms with Gasteiger partial charge in [0.1, 0.15) is 11.2 Å². The third-order valence-corrected chi connectivity index (χ3v) is 4.12. The number of aryl methyl sites for hydroxylation is 2. The van der Waals surface area contributed by atoms with Crippen LogP contribution in [0.5, 0.6) is 0 Å². The van der Waals surface area contributed by atoms with Crippen molar-refractivity contribution in [2.45, 2.75) is 38.5 Å². The highest BCUT2D eigenvalue weighted by atomic mass is 14.9. The second-order valence-corrected chi connectivity index (χ2v) is 5.58. The van der Waals surface area contributed by atoms with Crippen LogP contribution in [-0.4, -0.2) is 9.97 Å². The molecule has 0 bridgehead atoms. The molecule has 0 N–H and O–H groups in total. The topological polar surface area (TPSA) is 49.6 Å². The second-order valence-electron chi connectivity index (χ2n) is 5.58. The number of aromatic nitrogens is 2. The lowest BCUT2D eigenvalue weighted by atomic mass is 9.69. The first-order chi connectivity index (χ1) is 9.64. The molecule has 3 heteroatoms. The van der Waals surface area contributed by atoms with Gasteiger partial charge >= 0.3 is 0 Å². The van der Waals surface area contributed by atoms with E-state index in [2.05, 4.69) is 30.1 Å². The van der Waals surface area contributed by atoms with Gasteiger partial charge in [-0.1, -0.05) is 24.3 Å². The van der Waals surface area contributed by atoms with E-state index in [0.29, 0.717) is 5.82 Å². The van der Waals surface area contributed by atoms with Gasteiger partial charge in [-0.3, -0.25) is 0 Å². The average Bonchev–Trinajstić information content (AvgIpc) is 2.38. The van der Waals surface area contributed by atoms with Crippen LogP contribution in [0, 0.1) is 25.2 Å². The second kappa shape index (κ2) is 4.72. The zero-order valence-corrected chi connectivity index (χ0v) is 11.8. The molecular formula is C17H17N3. The van der Waals surface area contributed by atoms with Gasteiger partial charge in [-0.25, -0.2) is 9.97 Å². The molecule has 0 atom stereocenters. The van der Waals surface area contributed by atoms with E-state index in [-0.39, 0.29) is 0 Å². The summed E-state index contributed by atoms with van der Waals surface area (Å²) in [6.45, 7) is 4.05. The molecule has 0 saturated heterocycles.